The minimum absolute atomic E-state index is 0.321. The third kappa shape index (κ3) is 5.50. The maximum atomic E-state index is 12.0. The molecule has 8 nitrogen and oxygen atoms in total. The lowest BCUT2D eigenvalue weighted by atomic mass is 10.1. The number of H-pyrrole nitrogens is 1. The molecule has 0 bridgehead atoms. The number of hydrogen-bond donors (Lipinski definition) is 4. The zero-order valence-corrected chi connectivity index (χ0v) is 18.2. The van der Waals surface area contributed by atoms with Gasteiger partial charge in [-0.1, -0.05) is 12.1 Å². The minimum atomic E-state index is -3.43. The lowest BCUT2D eigenvalue weighted by Crippen LogP contribution is -2.26. The molecule has 0 aliphatic heterocycles. The van der Waals surface area contributed by atoms with Crippen LogP contribution in [0.4, 0.5) is 5.69 Å². The number of sulfonamides is 1. The van der Waals surface area contributed by atoms with Crippen molar-refractivity contribution in [1.29, 1.82) is 0 Å². The van der Waals surface area contributed by atoms with Crippen molar-refractivity contribution < 1.29 is 18.3 Å². The Morgan fingerprint density at radius 1 is 1.20 bits per heavy atom. The van der Waals surface area contributed by atoms with Gasteiger partial charge in [0.25, 0.3) is 0 Å². The molecule has 1 aromatic heterocycles. The van der Waals surface area contributed by atoms with Crippen LogP contribution in [0.3, 0.4) is 0 Å². The van der Waals surface area contributed by atoms with E-state index in [-0.39, 0.29) is 0 Å². The van der Waals surface area contributed by atoms with E-state index in [0.717, 1.165) is 22.3 Å². The van der Waals surface area contributed by atoms with E-state index < -0.39 is 21.4 Å². The predicted octanol–water partition coefficient (Wildman–Crippen LogP) is 2.72. The zero-order chi connectivity index (χ0) is 21.7. The van der Waals surface area contributed by atoms with Gasteiger partial charge in [-0.3, -0.25) is 9.82 Å². The number of ether oxygens (including phenoxy) is 1. The Morgan fingerprint density at radius 2 is 2.00 bits per heavy atom. The summed E-state index contributed by atoms with van der Waals surface area (Å²) in [6.07, 6.45) is -0.767. The van der Waals surface area contributed by atoms with Gasteiger partial charge in [0.05, 0.1) is 16.9 Å². The zero-order valence-electron chi connectivity index (χ0n) is 17.3. The molecule has 0 saturated carbocycles. The highest BCUT2D eigenvalue weighted by molar-refractivity contribution is 7.93. The van der Waals surface area contributed by atoms with Gasteiger partial charge >= 0.3 is 0 Å². The maximum Gasteiger partial charge on any atom is 0.235 e. The van der Waals surface area contributed by atoms with Gasteiger partial charge in [-0.05, 0) is 50.6 Å². The van der Waals surface area contributed by atoms with Gasteiger partial charge in [0.15, 0.2) is 0 Å². The normalized spacial score (nSPS) is 13.0. The molecule has 0 saturated heterocycles. The van der Waals surface area contributed by atoms with Crippen LogP contribution < -0.4 is 14.8 Å². The van der Waals surface area contributed by atoms with Crippen LogP contribution in [0.25, 0.3) is 10.9 Å². The number of aromatic amines is 1. The number of fused-ring (bicyclic) bond motifs is 1. The van der Waals surface area contributed by atoms with Crippen molar-refractivity contribution in [3.63, 3.8) is 0 Å². The highest BCUT2D eigenvalue weighted by Gasteiger charge is 2.16. The molecule has 3 aromatic rings. The molecule has 0 spiro atoms. The number of aliphatic hydroxyl groups is 1. The molecule has 162 valence electrons. The van der Waals surface area contributed by atoms with Crippen molar-refractivity contribution in [2.75, 3.05) is 24.4 Å². The van der Waals surface area contributed by atoms with Crippen molar-refractivity contribution in [2.24, 2.45) is 0 Å². The Labute approximate surface area is 176 Å². The highest BCUT2D eigenvalue weighted by atomic mass is 32.2. The minimum Gasteiger partial charge on any atom is -0.492 e. The van der Waals surface area contributed by atoms with E-state index in [1.54, 1.807) is 38.1 Å². The second-order valence-corrected chi connectivity index (χ2v) is 9.65. The summed E-state index contributed by atoms with van der Waals surface area (Å²) in [6.45, 7) is 6.51. The summed E-state index contributed by atoms with van der Waals surface area (Å²) >= 11 is 0. The van der Waals surface area contributed by atoms with Crippen molar-refractivity contribution in [3.05, 3.63) is 53.7 Å². The molecule has 2 aromatic carbocycles. The third-order valence-electron chi connectivity index (χ3n) is 4.75. The van der Waals surface area contributed by atoms with E-state index in [0.29, 0.717) is 30.9 Å². The molecule has 0 fully saturated rings. The van der Waals surface area contributed by atoms with Crippen molar-refractivity contribution in [2.45, 2.75) is 32.1 Å². The van der Waals surface area contributed by atoms with Gasteiger partial charge in [-0.15, -0.1) is 0 Å². The first-order valence-corrected chi connectivity index (χ1v) is 11.4. The van der Waals surface area contributed by atoms with E-state index in [9.17, 15) is 13.5 Å². The number of hydrogen-bond acceptors (Lipinski definition) is 6. The average Bonchev–Trinajstić information content (AvgIpc) is 3.07. The highest BCUT2D eigenvalue weighted by Crippen LogP contribution is 2.21. The Hall–Kier alpha value is -2.62. The fourth-order valence-corrected chi connectivity index (χ4v) is 3.60. The lowest BCUT2D eigenvalue weighted by molar-refractivity contribution is 0.172. The number of benzene rings is 2. The number of anilines is 1. The lowest BCUT2D eigenvalue weighted by Gasteiger charge is -2.15. The monoisotopic (exact) mass is 432 g/mol. The second kappa shape index (κ2) is 9.46. The molecule has 0 radical (unpaired) electrons. The van der Waals surface area contributed by atoms with Crippen molar-refractivity contribution in [1.82, 2.24) is 15.5 Å². The Bertz CT molecular complexity index is 1100. The molecular formula is C21H28N4O4S. The van der Waals surface area contributed by atoms with E-state index in [1.807, 2.05) is 25.1 Å². The van der Waals surface area contributed by atoms with Crippen molar-refractivity contribution in [3.8, 4) is 5.75 Å². The number of rotatable bonds is 10. The summed E-state index contributed by atoms with van der Waals surface area (Å²) in [4.78, 5) is 0. The average molecular weight is 433 g/mol. The molecule has 9 heteroatoms. The fourth-order valence-electron chi connectivity index (χ4n) is 2.90. The topological polar surface area (TPSA) is 116 Å². The standard InChI is InChI=1S/C21H28N4O4S/c1-14(2)30(27,28)25-17-6-4-5-16(11-17)21(26)13-22-9-10-29-18-7-8-19-15(3)23-24-20(19)12-18/h4-8,11-12,14,21-22,25-26H,9-10,13H2,1-3H3,(H,23,24). The molecule has 1 heterocycles. The number of nitrogens with one attached hydrogen (secondary N) is 3. The van der Waals surface area contributed by atoms with Crippen LogP contribution in [0.15, 0.2) is 42.5 Å². The number of aliphatic hydroxyl groups excluding tert-OH is 1. The van der Waals surface area contributed by atoms with Gasteiger partial charge in [0, 0.05) is 35.9 Å². The number of aryl methyl sites for hydroxylation is 1. The van der Waals surface area contributed by atoms with Crippen LogP contribution in [0.1, 0.15) is 31.2 Å². The molecule has 0 amide bonds. The van der Waals surface area contributed by atoms with Gasteiger partial charge in [0.2, 0.25) is 10.0 Å². The van der Waals surface area contributed by atoms with E-state index in [2.05, 4.69) is 20.2 Å². The van der Waals surface area contributed by atoms with Crippen LogP contribution in [-0.2, 0) is 10.0 Å². The van der Waals surface area contributed by atoms with Crippen molar-refractivity contribution >= 4 is 26.6 Å². The molecule has 3 rings (SSSR count). The van der Waals surface area contributed by atoms with Crippen LogP contribution in [0.2, 0.25) is 0 Å². The largest absolute Gasteiger partial charge is 0.492 e. The smallest absolute Gasteiger partial charge is 0.235 e. The quantitative estimate of drug-likeness (QED) is 0.366. The molecule has 0 aliphatic rings. The SMILES string of the molecule is Cc1[nH]nc2cc(OCCNCC(O)c3cccc(NS(=O)(=O)C(C)C)c3)ccc12. The molecule has 30 heavy (non-hydrogen) atoms. The van der Waals surface area contributed by atoms with Crippen LogP contribution in [0, 0.1) is 6.92 Å². The summed E-state index contributed by atoms with van der Waals surface area (Å²) in [5, 5.41) is 21.2. The first-order chi connectivity index (χ1) is 14.3. The fraction of sp³-hybridized carbons (Fsp3) is 0.381. The Morgan fingerprint density at radius 3 is 2.77 bits per heavy atom. The third-order valence-corrected chi connectivity index (χ3v) is 6.52. The van der Waals surface area contributed by atoms with Gasteiger partial charge in [0.1, 0.15) is 12.4 Å². The predicted molar refractivity (Wildman–Crippen MR) is 118 cm³/mol. The maximum absolute atomic E-state index is 12.0. The summed E-state index contributed by atoms with van der Waals surface area (Å²) in [5.74, 6) is 0.737. The van der Waals surface area contributed by atoms with Gasteiger partial charge < -0.3 is 15.2 Å². The van der Waals surface area contributed by atoms with Crippen LogP contribution in [-0.4, -0.2) is 48.7 Å². The first-order valence-electron chi connectivity index (χ1n) is 9.84. The summed E-state index contributed by atoms with van der Waals surface area (Å²) in [5.41, 5.74) is 2.95. The van der Waals surface area contributed by atoms with Crippen LogP contribution in [0.5, 0.6) is 5.75 Å². The summed E-state index contributed by atoms with van der Waals surface area (Å²) in [6, 6.07) is 12.5. The number of nitrogens with zero attached hydrogens (tertiary/aromatic N) is 1. The van der Waals surface area contributed by atoms with E-state index in [4.69, 9.17) is 4.74 Å². The number of aromatic nitrogens is 2. The van der Waals surface area contributed by atoms with Gasteiger partial charge in [-0.25, -0.2) is 8.42 Å². The van der Waals surface area contributed by atoms with E-state index >= 15 is 0 Å². The van der Waals surface area contributed by atoms with E-state index in [1.165, 1.54) is 0 Å². The Balaban J connectivity index is 1.46. The van der Waals surface area contributed by atoms with Gasteiger partial charge in [-0.2, -0.15) is 5.10 Å². The summed E-state index contributed by atoms with van der Waals surface area (Å²) in [7, 11) is -3.43. The molecule has 0 aliphatic carbocycles. The molecule has 4 N–H and O–H groups in total. The summed E-state index contributed by atoms with van der Waals surface area (Å²) < 4.78 is 32.3. The molecule has 1 unspecified atom stereocenters. The first kappa shape index (κ1) is 22.1. The molecule has 1 atom stereocenters. The Kier molecular flexibility index (Phi) is 6.96. The molecular weight excluding hydrogens is 404 g/mol. The second-order valence-electron chi connectivity index (χ2n) is 7.42. The van der Waals surface area contributed by atoms with Crippen LogP contribution >= 0.6 is 0 Å².